The minimum atomic E-state index is -0.959. The molecule has 0 spiro atoms. The minimum absolute atomic E-state index is 0.0539. The zero-order valence-corrected chi connectivity index (χ0v) is 11.8. The van der Waals surface area contributed by atoms with Gasteiger partial charge in [-0.05, 0) is 24.1 Å². The standard InChI is InChI=1S/C15H19N3O3/c19-14(10-17-7-4-16-5-8-17)18-6-3-11-1-2-12(15(20)21)9-13(11)18/h1-2,9,16H,3-8,10H2,(H,20,21). The average molecular weight is 289 g/mol. The van der Waals surface area contributed by atoms with Crippen LogP contribution in [0.5, 0.6) is 0 Å². The highest BCUT2D eigenvalue weighted by molar-refractivity contribution is 5.98. The Morgan fingerprint density at radius 2 is 1.95 bits per heavy atom. The molecular formula is C15H19N3O3. The summed E-state index contributed by atoms with van der Waals surface area (Å²) in [7, 11) is 0. The van der Waals surface area contributed by atoms with Crippen LogP contribution in [0.15, 0.2) is 18.2 Å². The van der Waals surface area contributed by atoms with Crippen molar-refractivity contribution in [3.8, 4) is 0 Å². The molecule has 1 amide bonds. The van der Waals surface area contributed by atoms with E-state index in [9.17, 15) is 9.59 Å². The average Bonchev–Trinajstić information content (AvgIpc) is 2.91. The summed E-state index contributed by atoms with van der Waals surface area (Å²) in [4.78, 5) is 27.4. The lowest BCUT2D eigenvalue weighted by atomic mass is 10.1. The molecule has 6 nitrogen and oxygen atoms in total. The van der Waals surface area contributed by atoms with Crippen LogP contribution in [0.2, 0.25) is 0 Å². The summed E-state index contributed by atoms with van der Waals surface area (Å²) in [5.74, 6) is -0.905. The van der Waals surface area contributed by atoms with Crippen molar-refractivity contribution in [2.24, 2.45) is 0 Å². The lowest BCUT2D eigenvalue weighted by Gasteiger charge is -2.28. The van der Waals surface area contributed by atoms with Gasteiger partial charge in [-0.3, -0.25) is 9.69 Å². The first-order valence-electron chi connectivity index (χ1n) is 7.25. The molecule has 112 valence electrons. The van der Waals surface area contributed by atoms with Gasteiger partial charge in [0.1, 0.15) is 0 Å². The van der Waals surface area contributed by atoms with Gasteiger partial charge in [0.05, 0.1) is 12.1 Å². The van der Waals surface area contributed by atoms with Gasteiger partial charge < -0.3 is 15.3 Å². The number of carbonyl (C=O) groups is 2. The van der Waals surface area contributed by atoms with E-state index >= 15 is 0 Å². The van der Waals surface area contributed by atoms with Crippen LogP contribution in [-0.2, 0) is 11.2 Å². The Morgan fingerprint density at radius 3 is 2.67 bits per heavy atom. The van der Waals surface area contributed by atoms with Crippen molar-refractivity contribution in [2.45, 2.75) is 6.42 Å². The smallest absolute Gasteiger partial charge is 0.335 e. The molecule has 6 heteroatoms. The molecular weight excluding hydrogens is 270 g/mol. The number of benzene rings is 1. The third-order valence-corrected chi connectivity index (χ3v) is 4.10. The van der Waals surface area contributed by atoms with Gasteiger partial charge in [0, 0.05) is 38.4 Å². The van der Waals surface area contributed by atoms with E-state index in [2.05, 4.69) is 10.2 Å². The fraction of sp³-hybridized carbons (Fsp3) is 0.467. The quantitative estimate of drug-likeness (QED) is 0.830. The van der Waals surface area contributed by atoms with E-state index in [1.165, 1.54) is 0 Å². The SMILES string of the molecule is O=C(O)c1ccc2c(c1)N(C(=O)CN1CCNCC1)CC2. The van der Waals surface area contributed by atoms with Crippen LogP contribution in [0.1, 0.15) is 15.9 Å². The molecule has 2 aliphatic heterocycles. The van der Waals surface area contributed by atoms with Crippen molar-refractivity contribution in [3.63, 3.8) is 0 Å². The fourth-order valence-electron chi connectivity index (χ4n) is 2.92. The molecule has 1 aromatic rings. The molecule has 1 saturated heterocycles. The van der Waals surface area contributed by atoms with Crippen molar-refractivity contribution < 1.29 is 14.7 Å². The van der Waals surface area contributed by atoms with E-state index < -0.39 is 5.97 Å². The molecule has 1 aromatic carbocycles. The monoisotopic (exact) mass is 289 g/mol. The number of carboxylic acids is 1. The summed E-state index contributed by atoms with van der Waals surface area (Å²) in [6.45, 7) is 4.62. The van der Waals surface area contributed by atoms with Crippen molar-refractivity contribution in [2.75, 3.05) is 44.2 Å². The van der Waals surface area contributed by atoms with Crippen LogP contribution >= 0.6 is 0 Å². The van der Waals surface area contributed by atoms with E-state index in [0.29, 0.717) is 13.1 Å². The van der Waals surface area contributed by atoms with Crippen LogP contribution < -0.4 is 10.2 Å². The lowest BCUT2D eigenvalue weighted by Crippen LogP contribution is -2.48. The predicted molar refractivity (Wildman–Crippen MR) is 78.8 cm³/mol. The first kappa shape index (κ1) is 14.0. The summed E-state index contributed by atoms with van der Waals surface area (Å²) in [5.41, 5.74) is 2.04. The first-order chi connectivity index (χ1) is 10.1. The molecule has 0 saturated carbocycles. The maximum absolute atomic E-state index is 12.5. The molecule has 3 rings (SSSR count). The number of rotatable bonds is 3. The van der Waals surface area contributed by atoms with E-state index in [0.717, 1.165) is 43.9 Å². The number of nitrogens with zero attached hydrogens (tertiary/aromatic N) is 2. The van der Waals surface area contributed by atoms with Crippen molar-refractivity contribution in [1.29, 1.82) is 0 Å². The number of piperazine rings is 1. The highest BCUT2D eigenvalue weighted by Gasteiger charge is 2.27. The van der Waals surface area contributed by atoms with Crippen LogP contribution in [0, 0.1) is 0 Å². The molecule has 0 unspecified atom stereocenters. The molecule has 1 fully saturated rings. The van der Waals surface area contributed by atoms with Gasteiger partial charge in [0.2, 0.25) is 5.91 Å². The molecule has 2 heterocycles. The minimum Gasteiger partial charge on any atom is -0.478 e. The Bertz CT molecular complexity index is 567. The number of carboxylic acid groups (broad SMARTS) is 1. The van der Waals surface area contributed by atoms with E-state index in [-0.39, 0.29) is 11.5 Å². The maximum atomic E-state index is 12.5. The Labute approximate surface area is 123 Å². The third kappa shape index (κ3) is 2.91. The zero-order valence-electron chi connectivity index (χ0n) is 11.8. The largest absolute Gasteiger partial charge is 0.478 e. The van der Waals surface area contributed by atoms with Crippen molar-refractivity contribution in [1.82, 2.24) is 10.2 Å². The topological polar surface area (TPSA) is 72.9 Å². The summed E-state index contributed by atoms with van der Waals surface area (Å²) in [5, 5.41) is 12.3. The molecule has 0 aromatic heterocycles. The zero-order chi connectivity index (χ0) is 14.8. The van der Waals surface area contributed by atoms with E-state index in [4.69, 9.17) is 5.11 Å². The molecule has 2 aliphatic rings. The predicted octanol–water partition coefficient (Wildman–Crippen LogP) is 0.179. The second-order valence-electron chi connectivity index (χ2n) is 5.47. The van der Waals surface area contributed by atoms with E-state index in [1.807, 2.05) is 6.07 Å². The Balaban J connectivity index is 1.74. The van der Waals surface area contributed by atoms with Gasteiger partial charge in [-0.25, -0.2) is 4.79 Å². The van der Waals surface area contributed by atoms with Gasteiger partial charge in [0.25, 0.3) is 0 Å². The van der Waals surface area contributed by atoms with Crippen molar-refractivity contribution in [3.05, 3.63) is 29.3 Å². The summed E-state index contributed by atoms with van der Waals surface area (Å²) < 4.78 is 0. The number of nitrogens with one attached hydrogen (secondary N) is 1. The Morgan fingerprint density at radius 1 is 1.19 bits per heavy atom. The van der Waals surface area contributed by atoms with Gasteiger partial charge in [-0.2, -0.15) is 0 Å². The fourth-order valence-corrected chi connectivity index (χ4v) is 2.92. The third-order valence-electron chi connectivity index (χ3n) is 4.10. The number of carbonyl (C=O) groups excluding carboxylic acids is 1. The molecule has 0 bridgehead atoms. The van der Waals surface area contributed by atoms with Crippen LogP contribution in [0.4, 0.5) is 5.69 Å². The van der Waals surface area contributed by atoms with Gasteiger partial charge in [-0.15, -0.1) is 0 Å². The highest BCUT2D eigenvalue weighted by atomic mass is 16.4. The highest BCUT2D eigenvalue weighted by Crippen LogP contribution is 2.29. The Kier molecular flexibility index (Phi) is 3.90. The summed E-state index contributed by atoms with van der Waals surface area (Å²) in [6, 6.07) is 5.03. The molecule has 0 radical (unpaired) electrons. The number of amides is 1. The van der Waals surface area contributed by atoms with Gasteiger partial charge >= 0.3 is 5.97 Å². The van der Waals surface area contributed by atoms with Crippen LogP contribution in [0.25, 0.3) is 0 Å². The van der Waals surface area contributed by atoms with Crippen molar-refractivity contribution >= 4 is 17.6 Å². The molecule has 0 aliphatic carbocycles. The van der Waals surface area contributed by atoms with E-state index in [1.54, 1.807) is 17.0 Å². The molecule has 2 N–H and O–H groups in total. The number of hydrogen-bond acceptors (Lipinski definition) is 4. The molecule has 21 heavy (non-hydrogen) atoms. The van der Waals surface area contributed by atoms with Crippen LogP contribution in [-0.4, -0.2) is 61.2 Å². The normalized spacial score (nSPS) is 18.6. The lowest BCUT2D eigenvalue weighted by molar-refractivity contribution is -0.119. The first-order valence-corrected chi connectivity index (χ1v) is 7.25. The van der Waals surface area contributed by atoms with Gasteiger partial charge in [0.15, 0.2) is 0 Å². The number of anilines is 1. The second-order valence-corrected chi connectivity index (χ2v) is 5.47. The number of hydrogen-bond donors (Lipinski definition) is 2. The molecule has 0 atom stereocenters. The number of fused-ring (bicyclic) bond motifs is 1. The Hall–Kier alpha value is -1.92. The van der Waals surface area contributed by atoms with Crippen LogP contribution in [0.3, 0.4) is 0 Å². The maximum Gasteiger partial charge on any atom is 0.335 e. The summed E-state index contributed by atoms with van der Waals surface area (Å²) >= 11 is 0. The number of aromatic carboxylic acids is 1. The second kappa shape index (κ2) is 5.83. The summed E-state index contributed by atoms with van der Waals surface area (Å²) in [6.07, 6.45) is 0.794. The van der Waals surface area contributed by atoms with Gasteiger partial charge in [-0.1, -0.05) is 6.07 Å².